The van der Waals surface area contributed by atoms with E-state index in [2.05, 4.69) is 5.32 Å². The molecule has 1 fully saturated rings. The first-order chi connectivity index (χ1) is 8.47. The predicted molar refractivity (Wildman–Crippen MR) is 59.9 cm³/mol. The summed E-state index contributed by atoms with van der Waals surface area (Å²) in [6.07, 6.45) is 0. The van der Waals surface area contributed by atoms with Crippen LogP contribution in [0, 0.1) is 5.82 Å². The van der Waals surface area contributed by atoms with Crippen LogP contribution >= 0.6 is 0 Å². The van der Waals surface area contributed by atoms with Crippen molar-refractivity contribution >= 4 is 23.4 Å². The fourth-order valence-corrected chi connectivity index (χ4v) is 1.64. The van der Waals surface area contributed by atoms with E-state index >= 15 is 0 Å². The van der Waals surface area contributed by atoms with Gasteiger partial charge in [0.05, 0.1) is 5.69 Å². The minimum atomic E-state index is -0.626. The van der Waals surface area contributed by atoms with Crippen LogP contribution in [0.4, 0.5) is 10.1 Å². The van der Waals surface area contributed by atoms with E-state index in [0.717, 1.165) is 11.0 Å². The Labute approximate surface area is 102 Å². The summed E-state index contributed by atoms with van der Waals surface area (Å²) in [6, 6.07) is 3.49. The molecule has 3 amide bonds. The lowest BCUT2D eigenvalue weighted by Crippen LogP contribution is -2.53. The summed E-state index contributed by atoms with van der Waals surface area (Å²) in [7, 11) is 0. The van der Waals surface area contributed by atoms with Gasteiger partial charge in [-0.2, -0.15) is 0 Å². The number of nitrogens with one attached hydrogen (secondary N) is 1. The molecule has 0 aromatic heterocycles. The van der Waals surface area contributed by atoms with Crippen LogP contribution in [-0.4, -0.2) is 35.7 Å². The number of nitrogens with two attached hydrogens (primary N) is 1. The topological polar surface area (TPSA) is 92.5 Å². The van der Waals surface area contributed by atoms with Crippen LogP contribution in [0.3, 0.4) is 0 Å². The van der Waals surface area contributed by atoms with Gasteiger partial charge >= 0.3 is 0 Å². The number of hydrogen-bond donors (Lipinski definition) is 2. The molecule has 1 saturated heterocycles. The summed E-state index contributed by atoms with van der Waals surface area (Å²) < 4.78 is 13.0. The maximum absolute atomic E-state index is 13.0. The van der Waals surface area contributed by atoms with E-state index < -0.39 is 23.5 Å². The minimum absolute atomic E-state index is 0.136. The lowest BCUT2D eigenvalue weighted by molar-refractivity contribution is -0.135. The van der Waals surface area contributed by atoms with Gasteiger partial charge in [0.15, 0.2) is 0 Å². The van der Waals surface area contributed by atoms with Gasteiger partial charge in [-0.15, -0.1) is 0 Å². The van der Waals surface area contributed by atoms with Gasteiger partial charge in [0.25, 0.3) is 5.91 Å². The molecule has 0 spiro atoms. The Kier molecular flexibility index (Phi) is 2.97. The Hall–Kier alpha value is -2.44. The van der Waals surface area contributed by atoms with E-state index in [-0.39, 0.29) is 24.3 Å². The maximum Gasteiger partial charge on any atom is 0.254 e. The fraction of sp³-hybridized carbons (Fsp3) is 0.182. The number of piperazine rings is 1. The van der Waals surface area contributed by atoms with Crippen molar-refractivity contribution in [3.05, 3.63) is 29.6 Å². The SMILES string of the molecule is Nc1cc(C(=O)N2CC(=O)NC(=O)C2)ccc1F. The second kappa shape index (κ2) is 4.44. The molecule has 1 aliphatic heterocycles. The zero-order valence-electron chi connectivity index (χ0n) is 9.27. The van der Waals surface area contributed by atoms with E-state index in [0.29, 0.717) is 0 Å². The number of nitrogen functional groups attached to an aromatic ring is 1. The van der Waals surface area contributed by atoms with Crippen LogP contribution in [0.15, 0.2) is 18.2 Å². The summed E-state index contributed by atoms with van der Waals surface area (Å²) >= 11 is 0. The van der Waals surface area contributed by atoms with Crippen molar-refractivity contribution in [2.24, 2.45) is 0 Å². The molecule has 1 aromatic rings. The standard InChI is InChI=1S/C11H10FN3O3/c12-7-2-1-6(3-8(7)13)11(18)15-4-9(16)14-10(17)5-15/h1-3H,4-5,13H2,(H,14,16,17). The number of amides is 3. The summed E-state index contributed by atoms with van der Waals surface area (Å²) in [5, 5.41) is 2.08. The third kappa shape index (κ3) is 2.29. The Morgan fingerprint density at radius 1 is 1.28 bits per heavy atom. The van der Waals surface area contributed by atoms with Gasteiger partial charge in [-0.1, -0.05) is 0 Å². The molecule has 2 rings (SSSR count). The average Bonchev–Trinajstić information content (AvgIpc) is 2.30. The zero-order chi connectivity index (χ0) is 13.3. The van der Waals surface area contributed by atoms with Gasteiger partial charge in [-0.05, 0) is 18.2 Å². The van der Waals surface area contributed by atoms with E-state index in [1.807, 2.05) is 0 Å². The lowest BCUT2D eigenvalue weighted by atomic mass is 10.1. The Morgan fingerprint density at radius 2 is 1.89 bits per heavy atom. The zero-order valence-corrected chi connectivity index (χ0v) is 9.27. The molecule has 0 radical (unpaired) electrons. The number of anilines is 1. The Bertz CT molecular complexity index is 528. The predicted octanol–water partition coefficient (Wildman–Crippen LogP) is -0.493. The Balaban J connectivity index is 2.22. The summed E-state index contributed by atoms with van der Waals surface area (Å²) in [5.74, 6) is -2.26. The average molecular weight is 251 g/mol. The number of carbonyl (C=O) groups is 3. The molecule has 7 heteroatoms. The van der Waals surface area contributed by atoms with Crippen molar-refractivity contribution in [1.82, 2.24) is 10.2 Å². The molecule has 0 atom stereocenters. The van der Waals surface area contributed by atoms with Gasteiger partial charge in [-0.3, -0.25) is 19.7 Å². The molecule has 0 aliphatic carbocycles. The number of halogens is 1. The van der Waals surface area contributed by atoms with Gasteiger partial charge in [0.1, 0.15) is 18.9 Å². The van der Waals surface area contributed by atoms with Crippen molar-refractivity contribution in [1.29, 1.82) is 0 Å². The van der Waals surface area contributed by atoms with Crippen molar-refractivity contribution in [2.75, 3.05) is 18.8 Å². The molecule has 18 heavy (non-hydrogen) atoms. The van der Waals surface area contributed by atoms with Crippen LogP contribution in [0.5, 0.6) is 0 Å². The quantitative estimate of drug-likeness (QED) is 0.520. The second-order valence-corrected chi connectivity index (χ2v) is 3.87. The molecule has 0 unspecified atom stereocenters. The number of nitrogens with zero attached hydrogens (tertiary/aromatic N) is 1. The lowest BCUT2D eigenvalue weighted by Gasteiger charge is -2.25. The van der Waals surface area contributed by atoms with Crippen molar-refractivity contribution in [2.45, 2.75) is 0 Å². The van der Waals surface area contributed by atoms with Crippen LogP contribution in [0.25, 0.3) is 0 Å². The van der Waals surface area contributed by atoms with E-state index in [1.54, 1.807) is 0 Å². The van der Waals surface area contributed by atoms with E-state index in [1.165, 1.54) is 12.1 Å². The molecule has 1 aliphatic rings. The highest BCUT2D eigenvalue weighted by Gasteiger charge is 2.27. The molecular formula is C11H10FN3O3. The molecule has 0 saturated carbocycles. The first-order valence-electron chi connectivity index (χ1n) is 5.14. The third-order valence-electron chi connectivity index (χ3n) is 2.48. The van der Waals surface area contributed by atoms with Gasteiger partial charge in [-0.25, -0.2) is 4.39 Å². The molecule has 0 bridgehead atoms. The largest absolute Gasteiger partial charge is 0.396 e. The highest BCUT2D eigenvalue weighted by Crippen LogP contribution is 2.14. The molecular weight excluding hydrogens is 241 g/mol. The monoisotopic (exact) mass is 251 g/mol. The third-order valence-corrected chi connectivity index (χ3v) is 2.48. The number of carbonyl (C=O) groups excluding carboxylic acids is 3. The number of benzene rings is 1. The number of imide groups is 1. The minimum Gasteiger partial charge on any atom is -0.396 e. The summed E-state index contributed by atoms with van der Waals surface area (Å²) in [5.41, 5.74) is 5.33. The molecule has 1 heterocycles. The maximum atomic E-state index is 13.0. The number of hydrogen-bond acceptors (Lipinski definition) is 4. The molecule has 6 nitrogen and oxygen atoms in total. The fourth-order valence-electron chi connectivity index (χ4n) is 1.64. The van der Waals surface area contributed by atoms with Gasteiger partial charge in [0, 0.05) is 5.56 Å². The van der Waals surface area contributed by atoms with Crippen molar-refractivity contribution in [3.8, 4) is 0 Å². The normalized spacial score (nSPS) is 15.5. The van der Waals surface area contributed by atoms with Crippen LogP contribution in [0.1, 0.15) is 10.4 Å². The van der Waals surface area contributed by atoms with Crippen LogP contribution in [-0.2, 0) is 9.59 Å². The van der Waals surface area contributed by atoms with Crippen LogP contribution in [0.2, 0.25) is 0 Å². The van der Waals surface area contributed by atoms with Crippen molar-refractivity contribution < 1.29 is 18.8 Å². The van der Waals surface area contributed by atoms with E-state index in [9.17, 15) is 18.8 Å². The molecule has 1 aromatic carbocycles. The van der Waals surface area contributed by atoms with Crippen LogP contribution < -0.4 is 11.1 Å². The summed E-state index contributed by atoms with van der Waals surface area (Å²) in [6.45, 7) is -0.413. The molecule has 3 N–H and O–H groups in total. The Morgan fingerprint density at radius 3 is 2.44 bits per heavy atom. The summed E-state index contributed by atoms with van der Waals surface area (Å²) in [4.78, 5) is 35.3. The smallest absolute Gasteiger partial charge is 0.254 e. The highest BCUT2D eigenvalue weighted by atomic mass is 19.1. The second-order valence-electron chi connectivity index (χ2n) is 3.87. The van der Waals surface area contributed by atoms with Gasteiger partial charge in [0.2, 0.25) is 11.8 Å². The molecule has 94 valence electrons. The number of rotatable bonds is 1. The first kappa shape index (κ1) is 12.0. The highest BCUT2D eigenvalue weighted by molar-refractivity contribution is 6.05. The first-order valence-corrected chi connectivity index (χ1v) is 5.14. The van der Waals surface area contributed by atoms with Crippen molar-refractivity contribution in [3.63, 3.8) is 0 Å². The van der Waals surface area contributed by atoms with Gasteiger partial charge < -0.3 is 10.6 Å². The van der Waals surface area contributed by atoms with E-state index in [4.69, 9.17) is 5.73 Å².